The van der Waals surface area contributed by atoms with Crippen molar-refractivity contribution in [2.45, 2.75) is 13.8 Å². The Morgan fingerprint density at radius 3 is 2.44 bits per heavy atom. The molecule has 2 aromatic rings. The van der Waals surface area contributed by atoms with Crippen molar-refractivity contribution >= 4 is 0 Å². The SMILES string of the molecule is Cc1cc(C)c(-c2cccc(O)c2)c(F)c1. The predicted octanol–water partition coefficient (Wildman–Crippen LogP) is 3.82. The maximum Gasteiger partial charge on any atom is 0.131 e. The van der Waals surface area contributed by atoms with Crippen molar-refractivity contribution in [2.75, 3.05) is 0 Å². The van der Waals surface area contributed by atoms with Gasteiger partial charge in [-0.1, -0.05) is 18.2 Å². The van der Waals surface area contributed by atoms with Gasteiger partial charge in [0.15, 0.2) is 0 Å². The Balaban J connectivity index is 2.64. The highest BCUT2D eigenvalue weighted by molar-refractivity contribution is 5.69. The molecule has 0 radical (unpaired) electrons. The van der Waals surface area contributed by atoms with E-state index in [2.05, 4.69) is 0 Å². The van der Waals surface area contributed by atoms with E-state index in [0.717, 1.165) is 11.1 Å². The number of phenolic OH excluding ortho intramolecular Hbond substituents is 1. The molecule has 2 rings (SSSR count). The van der Waals surface area contributed by atoms with Crippen LogP contribution in [0.4, 0.5) is 4.39 Å². The van der Waals surface area contributed by atoms with Crippen LogP contribution in [0.3, 0.4) is 0 Å². The minimum absolute atomic E-state index is 0.150. The molecule has 2 heteroatoms. The largest absolute Gasteiger partial charge is 0.508 e. The second-order valence-electron chi connectivity index (χ2n) is 3.99. The monoisotopic (exact) mass is 216 g/mol. The lowest BCUT2D eigenvalue weighted by Gasteiger charge is -2.09. The molecule has 16 heavy (non-hydrogen) atoms. The zero-order valence-electron chi connectivity index (χ0n) is 9.29. The fourth-order valence-corrected chi connectivity index (χ4v) is 1.94. The molecule has 0 atom stereocenters. The van der Waals surface area contributed by atoms with E-state index >= 15 is 0 Å². The lowest BCUT2D eigenvalue weighted by molar-refractivity contribution is 0.475. The number of benzene rings is 2. The van der Waals surface area contributed by atoms with Gasteiger partial charge in [-0.05, 0) is 48.7 Å². The molecule has 0 aromatic heterocycles. The second-order valence-corrected chi connectivity index (χ2v) is 3.99. The van der Waals surface area contributed by atoms with Gasteiger partial charge in [0.1, 0.15) is 11.6 Å². The number of phenols is 1. The quantitative estimate of drug-likeness (QED) is 0.768. The number of halogens is 1. The minimum Gasteiger partial charge on any atom is -0.508 e. The van der Waals surface area contributed by atoms with Gasteiger partial charge in [-0.3, -0.25) is 0 Å². The predicted molar refractivity (Wildman–Crippen MR) is 63.0 cm³/mol. The molecular weight excluding hydrogens is 203 g/mol. The van der Waals surface area contributed by atoms with E-state index in [4.69, 9.17) is 0 Å². The van der Waals surface area contributed by atoms with Gasteiger partial charge in [-0.25, -0.2) is 4.39 Å². The van der Waals surface area contributed by atoms with Crippen LogP contribution in [-0.2, 0) is 0 Å². The molecule has 0 bridgehead atoms. The summed E-state index contributed by atoms with van der Waals surface area (Å²) in [5.41, 5.74) is 3.04. The standard InChI is InChI=1S/C14H13FO/c1-9-6-10(2)14(13(15)7-9)11-4-3-5-12(16)8-11/h3-8,16H,1-2H3. The van der Waals surface area contributed by atoms with E-state index in [1.165, 1.54) is 6.07 Å². The molecule has 1 N–H and O–H groups in total. The molecule has 2 aromatic carbocycles. The molecular formula is C14H13FO. The first-order valence-electron chi connectivity index (χ1n) is 5.14. The van der Waals surface area contributed by atoms with Crippen molar-refractivity contribution < 1.29 is 9.50 Å². The third kappa shape index (κ3) is 1.91. The molecule has 82 valence electrons. The van der Waals surface area contributed by atoms with Gasteiger partial charge in [0.25, 0.3) is 0 Å². The normalized spacial score (nSPS) is 10.4. The van der Waals surface area contributed by atoms with E-state index in [0.29, 0.717) is 11.1 Å². The van der Waals surface area contributed by atoms with E-state index in [1.54, 1.807) is 24.3 Å². The number of rotatable bonds is 1. The smallest absolute Gasteiger partial charge is 0.131 e. The van der Waals surface area contributed by atoms with E-state index in [9.17, 15) is 9.50 Å². The van der Waals surface area contributed by atoms with Gasteiger partial charge in [0.05, 0.1) is 0 Å². The van der Waals surface area contributed by atoms with E-state index in [-0.39, 0.29) is 11.6 Å². The molecule has 0 aliphatic heterocycles. The number of hydrogen-bond acceptors (Lipinski definition) is 1. The van der Waals surface area contributed by atoms with Crippen LogP contribution in [0.25, 0.3) is 11.1 Å². The number of aromatic hydroxyl groups is 1. The molecule has 0 aliphatic carbocycles. The van der Waals surface area contributed by atoms with E-state index in [1.807, 2.05) is 19.9 Å². The minimum atomic E-state index is -0.247. The maximum atomic E-state index is 13.8. The van der Waals surface area contributed by atoms with Gasteiger partial charge < -0.3 is 5.11 Å². The molecule has 0 spiro atoms. The van der Waals surface area contributed by atoms with Crippen LogP contribution in [0.2, 0.25) is 0 Å². The Morgan fingerprint density at radius 1 is 1.06 bits per heavy atom. The van der Waals surface area contributed by atoms with Crippen molar-refractivity contribution in [1.29, 1.82) is 0 Å². The Kier molecular flexibility index (Phi) is 2.65. The summed E-state index contributed by atoms with van der Waals surface area (Å²) in [6, 6.07) is 10.1. The van der Waals surface area contributed by atoms with Gasteiger partial charge in [0, 0.05) is 5.56 Å². The first-order chi connectivity index (χ1) is 7.58. The third-order valence-electron chi connectivity index (χ3n) is 2.57. The lowest BCUT2D eigenvalue weighted by atomic mass is 9.98. The summed E-state index contributed by atoms with van der Waals surface area (Å²) in [6.45, 7) is 3.73. The zero-order valence-corrected chi connectivity index (χ0v) is 9.29. The second kappa shape index (κ2) is 3.97. The Morgan fingerprint density at radius 2 is 1.81 bits per heavy atom. The first-order valence-corrected chi connectivity index (χ1v) is 5.14. The molecule has 1 nitrogen and oxygen atoms in total. The van der Waals surface area contributed by atoms with Crippen molar-refractivity contribution in [3.63, 3.8) is 0 Å². The summed E-state index contributed by atoms with van der Waals surface area (Å²) in [5, 5.41) is 9.39. The van der Waals surface area contributed by atoms with Crippen molar-refractivity contribution in [3.8, 4) is 16.9 Å². The van der Waals surface area contributed by atoms with Gasteiger partial charge in [-0.2, -0.15) is 0 Å². The third-order valence-corrected chi connectivity index (χ3v) is 2.57. The van der Waals surface area contributed by atoms with Crippen molar-refractivity contribution in [3.05, 3.63) is 53.3 Å². The summed E-state index contributed by atoms with van der Waals surface area (Å²) in [5.74, 6) is -0.0972. The molecule has 0 amide bonds. The van der Waals surface area contributed by atoms with Crippen LogP contribution in [-0.4, -0.2) is 5.11 Å². The van der Waals surface area contributed by atoms with Gasteiger partial charge >= 0.3 is 0 Å². The lowest BCUT2D eigenvalue weighted by Crippen LogP contribution is -1.90. The Bertz CT molecular complexity index is 509. The molecule has 0 saturated carbocycles. The highest BCUT2D eigenvalue weighted by atomic mass is 19.1. The highest BCUT2D eigenvalue weighted by Gasteiger charge is 2.09. The average molecular weight is 216 g/mol. The van der Waals surface area contributed by atoms with Crippen LogP contribution in [0.1, 0.15) is 11.1 Å². The summed E-state index contributed by atoms with van der Waals surface area (Å²) in [6.07, 6.45) is 0. The summed E-state index contributed by atoms with van der Waals surface area (Å²) in [4.78, 5) is 0. The van der Waals surface area contributed by atoms with E-state index < -0.39 is 0 Å². The maximum absolute atomic E-state index is 13.8. The molecule has 0 unspecified atom stereocenters. The Hall–Kier alpha value is -1.83. The summed E-state index contributed by atoms with van der Waals surface area (Å²) >= 11 is 0. The average Bonchev–Trinajstić information content (AvgIpc) is 2.15. The molecule has 0 saturated heterocycles. The molecule has 0 fully saturated rings. The first kappa shape index (κ1) is 10.7. The Labute approximate surface area is 94.2 Å². The topological polar surface area (TPSA) is 20.2 Å². The van der Waals surface area contributed by atoms with Crippen molar-refractivity contribution in [1.82, 2.24) is 0 Å². The van der Waals surface area contributed by atoms with Crippen LogP contribution >= 0.6 is 0 Å². The zero-order chi connectivity index (χ0) is 11.7. The van der Waals surface area contributed by atoms with Crippen LogP contribution in [0, 0.1) is 19.7 Å². The fraction of sp³-hybridized carbons (Fsp3) is 0.143. The summed E-state index contributed by atoms with van der Waals surface area (Å²) in [7, 11) is 0. The molecule has 0 heterocycles. The molecule has 0 aliphatic rings. The van der Waals surface area contributed by atoms with Gasteiger partial charge in [-0.15, -0.1) is 0 Å². The number of aryl methyl sites for hydroxylation is 2. The van der Waals surface area contributed by atoms with Crippen LogP contribution in [0.5, 0.6) is 5.75 Å². The number of hydrogen-bond donors (Lipinski definition) is 1. The summed E-state index contributed by atoms with van der Waals surface area (Å²) < 4.78 is 13.8. The van der Waals surface area contributed by atoms with Gasteiger partial charge in [0.2, 0.25) is 0 Å². The van der Waals surface area contributed by atoms with Crippen LogP contribution < -0.4 is 0 Å². The fourth-order valence-electron chi connectivity index (χ4n) is 1.94. The van der Waals surface area contributed by atoms with Crippen LogP contribution in [0.15, 0.2) is 36.4 Å². The highest BCUT2D eigenvalue weighted by Crippen LogP contribution is 2.29. The van der Waals surface area contributed by atoms with Crippen molar-refractivity contribution in [2.24, 2.45) is 0 Å².